The summed E-state index contributed by atoms with van der Waals surface area (Å²) in [5.41, 5.74) is 6.11. The van der Waals surface area contributed by atoms with Crippen LogP contribution in [0.15, 0.2) is 42.5 Å². The van der Waals surface area contributed by atoms with Crippen molar-refractivity contribution in [1.29, 1.82) is 0 Å². The number of ether oxygens (including phenoxy) is 4. The Bertz CT molecular complexity index is 2070. The molecule has 3 aromatic heterocycles. The van der Waals surface area contributed by atoms with Crippen molar-refractivity contribution >= 4 is 17.3 Å². The molecule has 2 amide bonds. The standard InChI is InChI=1S/C35H33F2N5O7/c1-33(32(38)44)16-46-30-23(33)14-27(40-29(30)18-4-9-25-26(11-18)49-35(36,37)48-25)34(45,20-5-6-20)15-39-31(43)19-10-21-13-24(17-2-3-17)41-42(21)28(12-19)47-22-7-8-22/h4,9-14,17,20,22,45H,2-3,5-8,15-16H2,1H3,(H2,38,44)(H,39,43)/t33-,34+/m0/s1. The molecule has 4 N–H and O–H groups in total. The molecule has 5 heterocycles. The van der Waals surface area contributed by atoms with Gasteiger partial charge in [0.05, 0.1) is 23.4 Å². The van der Waals surface area contributed by atoms with Gasteiger partial charge < -0.3 is 35.1 Å². The van der Waals surface area contributed by atoms with Crippen molar-refractivity contribution in [2.45, 2.75) is 74.8 Å². The number of fused-ring (bicyclic) bond motifs is 3. The second-order valence-electron chi connectivity index (χ2n) is 14.0. The van der Waals surface area contributed by atoms with E-state index < -0.39 is 29.1 Å². The van der Waals surface area contributed by atoms with E-state index in [1.54, 1.807) is 29.6 Å². The van der Waals surface area contributed by atoms with Crippen LogP contribution in [0.25, 0.3) is 16.8 Å². The SMILES string of the molecule is C[C@]1(C(N)=O)COc2c1cc([C@@](O)(CNC(=O)c1cc(OC3CC3)n3nc(C4CC4)cc3c1)C1CC1)nc2-c1ccc2c(c1)OC(F)(F)O2. The van der Waals surface area contributed by atoms with Crippen LogP contribution in [-0.4, -0.2) is 57.1 Å². The van der Waals surface area contributed by atoms with Crippen molar-refractivity contribution in [2.24, 2.45) is 11.7 Å². The molecule has 2 aliphatic heterocycles. The van der Waals surface area contributed by atoms with Gasteiger partial charge in [-0.05, 0) is 87.8 Å². The number of amides is 2. The van der Waals surface area contributed by atoms with Crippen molar-refractivity contribution < 1.29 is 42.4 Å². The van der Waals surface area contributed by atoms with Gasteiger partial charge in [0, 0.05) is 28.7 Å². The summed E-state index contributed by atoms with van der Waals surface area (Å²) in [6.45, 7) is 1.36. The monoisotopic (exact) mass is 673 g/mol. The lowest BCUT2D eigenvalue weighted by atomic mass is 9.81. The maximum atomic E-state index is 13.8. The molecule has 1 aromatic carbocycles. The third kappa shape index (κ3) is 5.11. The molecule has 49 heavy (non-hydrogen) atoms. The predicted octanol–water partition coefficient (Wildman–Crippen LogP) is 4.30. The molecular formula is C35H33F2N5O7. The summed E-state index contributed by atoms with van der Waals surface area (Å²) < 4.78 is 50.8. The van der Waals surface area contributed by atoms with Gasteiger partial charge in [0.1, 0.15) is 35.2 Å². The minimum atomic E-state index is -3.82. The van der Waals surface area contributed by atoms with Crippen LogP contribution >= 0.6 is 0 Å². The largest absolute Gasteiger partial charge is 0.586 e. The van der Waals surface area contributed by atoms with Crippen LogP contribution in [0.5, 0.6) is 23.1 Å². The Hall–Kier alpha value is -4.98. The Labute approximate surface area is 278 Å². The normalized spacial score (nSPS) is 23.1. The van der Waals surface area contributed by atoms with E-state index in [-0.39, 0.29) is 53.8 Å². The smallest absolute Gasteiger partial charge is 0.489 e. The molecule has 0 saturated heterocycles. The van der Waals surface area contributed by atoms with Gasteiger partial charge in [0.25, 0.3) is 5.91 Å². The number of carbonyl (C=O) groups excluding carboxylic acids is 2. The molecule has 254 valence electrons. The van der Waals surface area contributed by atoms with Crippen molar-refractivity contribution in [2.75, 3.05) is 13.2 Å². The second-order valence-corrected chi connectivity index (χ2v) is 14.0. The average Bonchev–Trinajstić information content (AvgIpc) is 3.98. The lowest BCUT2D eigenvalue weighted by Crippen LogP contribution is -2.44. The van der Waals surface area contributed by atoms with E-state index in [0.29, 0.717) is 41.3 Å². The van der Waals surface area contributed by atoms with E-state index in [1.165, 1.54) is 18.2 Å². The fourth-order valence-electron chi connectivity index (χ4n) is 6.66. The number of carbonyl (C=O) groups is 2. The number of nitrogens with two attached hydrogens (primary N) is 1. The fourth-order valence-corrected chi connectivity index (χ4v) is 6.66. The number of hydrogen-bond donors (Lipinski definition) is 3. The molecule has 0 radical (unpaired) electrons. The number of aliphatic hydroxyl groups is 1. The summed E-state index contributed by atoms with van der Waals surface area (Å²) in [5.74, 6) is -0.515. The number of nitrogens with zero attached hydrogens (tertiary/aromatic N) is 3. The Balaban J connectivity index is 1.07. The van der Waals surface area contributed by atoms with Crippen molar-refractivity contribution in [1.82, 2.24) is 19.9 Å². The summed E-state index contributed by atoms with van der Waals surface area (Å²) in [4.78, 5) is 31.3. The van der Waals surface area contributed by atoms with Crippen LogP contribution in [0.3, 0.4) is 0 Å². The first-order chi connectivity index (χ1) is 23.4. The summed E-state index contributed by atoms with van der Waals surface area (Å²) in [6, 6.07) is 11.2. The van der Waals surface area contributed by atoms with Crippen molar-refractivity contribution in [3.05, 3.63) is 65.0 Å². The number of nitrogens with one attached hydrogen (secondary N) is 1. The lowest BCUT2D eigenvalue weighted by Gasteiger charge is -2.30. The third-order valence-electron chi connectivity index (χ3n) is 10.1. The van der Waals surface area contributed by atoms with E-state index in [4.69, 9.17) is 25.3 Å². The average molecular weight is 674 g/mol. The first kappa shape index (κ1) is 30.1. The zero-order valence-electron chi connectivity index (χ0n) is 26.5. The van der Waals surface area contributed by atoms with Gasteiger partial charge in [-0.1, -0.05) is 0 Å². The zero-order valence-corrected chi connectivity index (χ0v) is 26.5. The van der Waals surface area contributed by atoms with E-state index in [1.807, 2.05) is 6.07 Å². The van der Waals surface area contributed by atoms with Gasteiger partial charge in [0.15, 0.2) is 11.5 Å². The number of pyridine rings is 2. The van der Waals surface area contributed by atoms with Gasteiger partial charge in [0.2, 0.25) is 11.8 Å². The maximum absolute atomic E-state index is 13.8. The molecule has 5 aliphatic rings. The Morgan fingerprint density at radius 2 is 1.86 bits per heavy atom. The highest BCUT2D eigenvalue weighted by molar-refractivity contribution is 5.96. The van der Waals surface area contributed by atoms with Crippen LogP contribution in [0.2, 0.25) is 0 Å². The summed E-state index contributed by atoms with van der Waals surface area (Å²) in [7, 11) is 0. The minimum absolute atomic E-state index is 0.0815. The van der Waals surface area contributed by atoms with Crippen LogP contribution < -0.4 is 30.0 Å². The van der Waals surface area contributed by atoms with E-state index >= 15 is 0 Å². The van der Waals surface area contributed by atoms with Gasteiger partial charge in [-0.3, -0.25) is 9.59 Å². The summed E-state index contributed by atoms with van der Waals surface area (Å²) in [5, 5.41) is 20.0. The molecule has 3 saturated carbocycles. The van der Waals surface area contributed by atoms with Crippen molar-refractivity contribution in [3.63, 3.8) is 0 Å². The highest BCUT2D eigenvalue weighted by atomic mass is 19.3. The minimum Gasteiger partial charge on any atom is -0.489 e. The molecule has 0 unspecified atom stereocenters. The molecule has 3 aliphatic carbocycles. The van der Waals surface area contributed by atoms with Crippen LogP contribution in [0, 0.1) is 5.92 Å². The molecule has 2 atom stereocenters. The Morgan fingerprint density at radius 3 is 2.57 bits per heavy atom. The number of aromatic nitrogens is 3. The van der Waals surface area contributed by atoms with Gasteiger partial charge in [-0.2, -0.15) is 5.10 Å². The first-order valence-electron chi connectivity index (χ1n) is 16.5. The Morgan fingerprint density at radius 1 is 1.08 bits per heavy atom. The van der Waals surface area contributed by atoms with Crippen LogP contribution in [-0.2, 0) is 15.8 Å². The second kappa shape index (κ2) is 10.3. The predicted molar refractivity (Wildman–Crippen MR) is 168 cm³/mol. The highest BCUT2D eigenvalue weighted by Gasteiger charge is 2.50. The number of alkyl halides is 2. The van der Waals surface area contributed by atoms with Gasteiger partial charge >= 0.3 is 6.29 Å². The van der Waals surface area contributed by atoms with E-state index in [0.717, 1.165) is 36.9 Å². The maximum Gasteiger partial charge on any atom is 0.586 e. The highest BCUT2D eigenvalue weighted by Crippen LogP contribution is 2.51. The molecule has 4 aromatic rings. The van der Waals surface area contributed by atoms with E-state index in [2.05, 4.69) is 14.8 Å². The molecule has 14 heteroatoms. The lowest BCUT2D eigenvalue weighted by molar-refractivity contribution is -0.286. The number of benzene rings is 1. The van der Waals surface area contributed by atoms with E-state index in [9.17, 15) is 23.5 Å². The number of halogens is 2. The van der Waals surface area contributed by atoms with Gasteiger partial charge in [-0.25, -0.2) is 9.50 Å². The molecule has 12 nitrogen and oxygen atoms in total. The molecular weight excluding hydrogens is 640 g/mol. The number of primary amides is 1. The van der Waals surface area contributed by atoms with Crippen LogP contribution in [0.4, 0.5) is 8.78 Å². The molecule has 9 rings (SSSR count). The summed E-state index contributed by atoms with van der Waals surface area (Å²) in [6.07, 6.45) is 1.67. The third-order valence-corrected chi connectivity index (χ3v) is 10.1. The zero-order chi connectivity index (χ0) is 33.9. The molecule has 0 bridgehead atoms. The van der Waals surface area contributed by atoms with Crippen molar-refractivity contribution in [3.8, 4) is 34.4 Å². The number of rotatable bonds is 10. The quantitative estimate of drug-likeness (QED) is 0.223. The molecule has 3 fully saturated rings. The Kier molecular flexibility index (Phi) is 6.31. The number of hydrogen-bond acceptors (Lipinski definition) is 9. The molecule has 0 spiro atoms. The first-order valence-corrected chi connectivity index (χ1v) is 16.5. The fraction of sp³-hybridized carbons (Fsp3) is 0.429. The van der Waals surface area contributed by atoms with Crippen LogP contribution in [0.1, 0.15) is 78.7 Å². The summed E-state index contributed by atoms with van der Waals surface area (Å²) >= 11 is 0. The topological polar surface area (TPSA) is 160 Å². The van der Waals surface area contributed by atoms with Gasteiger partial charge in [-0.15, -0.1) is 8.78 Å².